The first-order valence-corrected chi connectivity index (χ1v) is 7.76. The predicted octanol–water partition coefficient (Wildman–Crippen LogP) is 1.83. The summed E-state index contributed by atoms with van der Waals surface area (Å²) in [6.45, 7) is 18.1. The van der Waals surface area contributed by atoms with E-state index in [9.17, 15) is 19.2 Å². The lowest BCUT2D eigenvalue weighted by atomic mass is 10.4. The monoisotopic (exact) mass is 402 g/mol. The number of ether oxygens (including phenoxy) is 3. The number of carbonyl (C=O) groups is 4. The number of methoxy groups -OCH3 is 1. The Hall–Kier alpha value is -3.20. The van der Waals surface area contributed by atoms with Crippen molar-refractivity contribution in [2.75, 3.05) is 26.9 Å². The summed E-state index contributed by atoms with van der Waals surface area (Å²) >= 11 is 0. The van der Waals surface area contributed by atoms with Crippen molar-refractivity contribution in [3.8, 4) is 0 Å². The lowest BCUT2D eigenvalue weighted by molar-refractivity contribution is -0.140. The summed E-state index contributed by atoms with van der Waals surface area (Å²) in [5.41, 5.74) is 0.783. The lowest BCUT2D eigenvalue weighted by Gasteiger charge is -1.99. The molecule has 0 aliphatic carbocycles. The number of hydrogen-bond donors (Lipinski definition) is 2. The van der Waals surface area contributed by atoms with Gasteiger partial charge in [0.25, 0.3) is 0 Å². The Kier molecular flexibility index (Phi) is 27.6. The molecule has 0 saturated carbocycles. The highest BCUT2D eigenvalue weighted by molar-refractivity contribution is 5.87. The van der Waals surface area contributed by atoms with Crippen LogP contribution < -0.4 is 0 Å². The molecule has 9 nitrogen and oxygen atoms in total. The summed E-state index contributed by atoms with van der Waals surface area (Å²) in [6.07, 6.45) is 1.98. The van der Waals surface area contributed by atoms with Crippen LogP contribution >= 0.6 is 0 Å². The van der Waals surface area contributed by atoms with Gasteiger partial charge < -0.3 is 24.4 Å². The van der Waals surface area contributed by atoms with Gasteiger partial charge in [-0.05, 0) is 20.8 Å². The Morgan fingerprint density at radius 1 is 0.929 bits per heavy atom. The molecule has 9 heteroatoms. The molecule has 0 bridgehead atoms. The lowest BCUT2D eigenvalue weighted by Crippen LogP contribution is -2.08. The fraction of sp³-hybridized carbons (Fsp3) is 0.368. The van der Waals surface area contributed by atoms with Crippen molar-refractivity contribution >= 4 is 23.9 Å². The van der Waals surface area contributed by atoms with E-state index in [0.717, 1.165) is 12.2 Å². The van der Waals surface area contributed by atoms with Gasteiger partial charge in [0, 0.05) is 23.3 Å². The molecular formula is C19H30O9. The highest BCUT2D eigenvalue weighted by Crippen LogP contribution is 1.90. The number of esters is 3. The minimum absolute atomic E-state index is 0.0473. The zero-order chi connectivity index (χ0) is 23.1. The molecule has 0 aromatic heterocycles. The van der Waals surface area contributed by atoms with Crippen LogP contribution in [0.5, 0.6) is 0 Å². The SMILES string of the molecule is C=C(C)C(=O)OC.C=C(C)C(=O)OCCO.C=CC(=O)O.C=CC(=O)OCC. The average molecular weight is 402 g/mol. The third kappa shape index (κ3) is 34.2. The second kappa shape index (κ2) is 23.8. The standard InChI is InChI=1S/C6H10O3.2C5H8O2.C3H4O2/c1-5(2)6(8)9-4-3-7;1-4(2)5(6)7-3;1-3-5(6)7-4-2;1-2-3(4)5/h7H,1,3-4H2,2H3;1H2,2-3H3;3H,1,4H2,2H3;2H,1H2,(H,4,5). The molecule has 2 N–H and O–H groups in total. The van der Waals surface area contributed by atoms with Gasteiger partial charge in [-0.1, -0.05) is 26.3 Å². The summed E-state index contributed by atoms with van der Waals surface area (Å²) < 4.78 is 13.2. The Balaban J connectivity index is -0.000000140. The maximum atomic E-state index is 10.5. The van der Waals surface area contributed by atoms with Crippen LogP contribution in [0.15, 0.2) is 49.6 Å². The second-order valence-corrected chi connectivity index (χ2v) is 4.41. The van der Waals surface area contributed by atoms with Crippen LogP contribution in [0.4, 0.5) is 0 Å². The highest BCUT2D eigenvalue weighted by atomic mass is 16.5. The van der Waals surface area contributed by atoms with Crippen molar-refractivity contribution < 1.29 is 43.6 Å². The van der Waals surface area contributed by atoms with E-state index >= 15 is 0 Å². The fourth-order valence-corrected chi connectivity index (χ4v) is 0.637. The molecule has 0 unspecified atom stereocenters. The van der Waals surface area contributed by atoms with Crippen LogP contribution in [0.2, 0.25) is 0 Å². The number of carbonyl (C=O) groups excluding carboxylic acids is 3. The molecule has 0 rings (SSSR count). The Bertz CT molecular complexity index is 532. The van der Waals surface area contributed by atoms with E-state index in [2.05, 4.69) is 40.5 Å². The van der Waals surface area contributed by atoms with E-state index < -0.39 is 11.9 Å². The van der Waals surface area contributed by atoms with Crippen LogP contribution in [0, 0.1) is 0 Å². The first kappa shape index (κ1) is 32.5. The van der Waals surface area contributed by atoms with Gasteiger partial charge in [0.05, 0.1) is 20.3 Å². The van der Waals surface area contributed by atoms with Crippen LogP contribution in [0.3, 0.4) is 0 Å². The first-order valence-electron chi connectivity index (χ1n) is 7.76. The van der Waals surface area contributed by atoms with Gasteiger partial charge in [-0.15, -0.1) is 0 Å². The Morgan fingerprint density at radius 3 is 1.50 bits per heavy atom. The Labute approximate surface area is 165 Å². The zero-order valence-corrected chi connectivity index (χ0v) is 16.9. The number of hydrogen-bond acceptors (Lipinski definition) is 8. The number of rotatable bonds is 7. The number of aliphatic hydroxyl groups excluding tert-OH is 1. The highest BCUT2D eigenvalue weighted by Gasteiger charge is 1.99. The Morgan fingerprint density at radius 2 is 1.36 bits per heavy atom. The second-order valence-electron chi connectivity index (χ2n) is 4.41. The molecule has 0 atom stereocenters. The number of aliphatic carboxylic acids is 1. The van der Waals surface area contributed by atoms with Gasteiger partial charge in [-0.2, -0.15) is 0 Å². The molecule has 0 radical (unpaired) electrons. The quantitative estimate of drug-likeness (QED) is 0.371. The summed E-state index contributed by atoms with van der Waals surface area (Å²) in [4.78, 5) is 40.0. The minimum atomic E-state index is -0.981. The molecule has 0 aliphatic heterocycles. The van der Waals surface area contributed by atoms with Gasteiger partial charge in [0.1, 0.15) is 6.61 Å². The molecule has 0 fully saturated rings. The largest absolute Gasteiger partial charge is 0.478 e. The molecule has 160 valence electrons. The maximum absolute atomic E-state index is 10.5. The first-order chi connectivity index (χ1) is 12.9. The molecule has 0 aromatic carbocycles. The van der Waals surface area contributed by atoms with E-state index in [1.165, 1.54) is 7.11 Å². The molecule has 28 heavy (non-hydrogen) atoms. The van der Waals surface area contributed by atoms with Gasteiger partial charge >= 0.3 is 23.9 Å². The normalized spacial score (nSPS) is 7.75. The molecule has 0 aromatic rings. The van der Waals surface area contributed by atoms with Crippen LogP contribution in [-0.4, -0.2) is 61.0 Å². The maximum Gasteiger partial charge on any atom is 0.333 e. The van der Waals surface area contributed by atoms with Crippen molar-refractivity contribution in [3.63, 3.8) is 0 Å². The van der Waals surface area contributed by atoms with Crippen molar-refractivity contribution in [3.05, 3.63) is 49.6 Å². The fourth-order valence-electron chi connectivity index (χ4n) is 0.637. The van der Waals surface area contributed by atoms with Gasteiger partial charge in [-0.25, -0.2) is 19.2 Å². The van der Waals surface area contributed by atoms with Gasteiger partial charge in [0.15, 0.2) is 0 Å². The molecular weight excluding hydrogens is 372 g/mol. The third-order valence-electron chi connectivity index (χ3n) is 1.83. The smallest absolute Gasteiger partial charge is 0.333 e. The van der Waals surface area contributed by atoms with Gasteiger partial charge in [-0.3, -0.25) is 0 Å². The van der Waals surface area contributed by atoms with Crippen LogP contribution in [-0.2, 0) is 33.4 Å². The van der Waals surface area contributed by atoms with Crippen molar-refractivity contribution in [1.29, 1.82) is 0 Å². The summed E-state index contributed by atoms with van der Waals surface area (Å²) in [5, 5.41) is 15.8. The summed E-state index contributed by atoms with van der Waals surface area (Å²) in [7, 11) is 1.33. The van der Waals surface area contributed by atoms with Crippen molar-refractivity contribution in [1.82, 2.24) is 0 Å². The number of carboxylic acid groups (broad SMARTS) is 1. The van der Waals surface area contributed by atoms with Crippen LogP contribution in [0.25, 0.3) is 0 Å². The van der Waals surface area contributed by atoms with E-state index in [1.54, 1.807) is 20.8 Å². The zero-order valence-electron chi connectivity index (χ0n) is 16.9. The number of aliphatic hydroxyl groups is 1. The van der Waals surface area contributed by atoms with E-state index in [-0.39, 0.29) is 25.2 Å². The van der Waals surface area contributed by atoms with E-state index in [4.69, 9.17) is 10.2 Å². The van der Waals surface area contributed by atoms with E-state index in [1.807, 2.05) is 0 Å². The predicted molar refractivity (Wildman–Crippen MR) is 104 cm³/mol. The molecule has 0 spiro atoms. The third-order valence-corrected chi connectivity index (χ3v) is 1.83. The molecule has 0 aliphatic rings. The summed E-state index contributed by atoms with van der Waals surface area (Å²) in [6, 6.07) is 0. The van der Waals surface area contributed by atoms with Crippen molar-refractivity contribution in [2.24, 2.45) is 0 Å². The topological polar surface area (TPSA) is 136 Å². The van der Waals surface area contributed by atoms with Crippen molar-refractivity contribution in [2.45, 2.75) is 20.8 Å². The number of carboxylic acids is 1. The molecule has 0 saturated heterocycles. The average Bonchev–Trinajstić information content (AvgIpc) is 2.66. The van der Waals surface area contributed by atoms with E-state index in [0.29, 0.717) is 17.8 Å². The molecule has 0 heterocycles. The minimum Gasteiger partial charge on any atom is -0.478 e. The summed E-state index contributed by atoms with van der Waals surface area (Å²) in [5.74, 6) is -2.14. The van der Waals surface area contributed by atoms with Gasteiger partial charge in [0.2, 0.25) is 0 Å². The molecule has 0 amide bonds. The van der Waals surface area contributed by atoms with Crippen LogP contribution in [0.1, 0.15) is 20.8 Å².